The van der Waals surface area contributed by atoms with Crippen molar-refractivity contribution in [3.05, 3.63) is 72.4 Å². The van der Waals surface area contributed by atoms with E-state index in [0.29, 0.717) is 22.6 Å². The molecule has 26 heavy (non-hydrogen) atoms. The van der Waals surface area contributed by atoms with Crippen LogP contribution in [0.4, 0.5) is 5.69 Å². The van der Waals surface area contributed by atoms with Crippen LogP contribution in [-0.2, 0) is 0 Å². The fraction of sp³-hybridized carbons (Fsp3) is 0.0500. The average Bonchev–Trinajstić information content (AvgIpc) is 3.15. The van der Waals surface area contributed by atoms with E-state index in [0.717, 1.165) is 16.6 Å². The van der Waals surface area contributed by atoms with Crippen LogP contribution in [0.2, 0.25) is 0 Å². The summed E-state index contributed by atoms with van der Waals surface area (Å²) in [4.78, 5) is 17.3. The maximum atomic E-state index is 12.9. The summed E-state index contributed by atoms with van der Waals surface area (Å²) < 4.78 is 5.23. The number of pyridine rings is 1. The molecule has 0 bridgehead atoms. The van der Waals surface area contributed by atoms with Crippen LogP contribution in [0, 0.1) is 0 Å². The predicted molar refractivity (Wildman–Crippen MR) is 100 cm³/mol. The van der Waals surface area contributed by atoms with Crippen molar-refractivity contribution in [1.29, 1.82) is 0 Å². The molecule has 0 unspecified atom stereocenters. The van der Waals surface area contributed by atoms with Crippen molar-refractivity contribution in [3.8, 4) is 17.1 Å². The smallest absolute Gasteiger partial charge is 0.256 e. The van der Waals surface area contributed by atoms with Gasteiger partial charge in [0.2, 0.25) is 5.88 Å². The van der Waals surface area contributed by atoms with E-state index >= 15 is 0 Å². The van der Waals surface area contributed by atoms with Crippen LogP contribution in [0.25, 0.3) is 22.2 Å². The van der Waals surface area contributed by atoms with Crippen molar-refractivity contribution in [2.75, 3.05) is 12.4 Å². The number of ether oxygens (including phenoxy) is 1. The first-order chi connectivity index (χ1) is 12.8. The number of H-pyrrole nitrogens is 1. The van der Waals surface area contributed by atoms with Crippen LogP contribution in [-0.4, -0.2) is 28.2 Å². The summed E-state index contributed by atoms with van der Waals surface area (Å²) in [5.41, 5.74) is 3.50. The minimum Gasteiger partial charge on any atom is -0.481 e. The zero-order valence-electron chi connectivity index (χ0n) is 14.1. The molecule has 0 atom stereocenters. The van der Waals surface area contributed by atoms with Gasteiger partial charge in [0.15, 0.2) is 0 Å². The average molecular weight is 344 g/mol. The molecule has 4 aromatic rings. The van der Waals surface area contributed by atoms with E-state index in [4.69, 9.17) is 4.74 Å². The Balaban J connectivity index is 1.73. The van der Waals surface area contributed by atoms with Crippen molar-refractivity contribution in [3.63, 3.8) is 0 Å². The molecule has 2 aromatic carbocycles. The van der Waals surface area contributed by atoms with Gasteiger partial charge in [-0.05, 0) is 6.07 Å². The Morgan fingerprint density at radius 1 is 1.08 bits per heavy atom. The van der Waals surface area contributed by atoms with Gasteiger partial charge in [-0.3, -0.25) is 9.89 Å². The van der Waals surface area contributed by atoms with Gasteiger partial charge in [-0.1, -0.05) is 48.5 Å². The van der Waals surface area contributed by atoms with E-state index in [1.807, 2.05) is 54.6 Å². The summed E-state index contributed by atoms with van der Waals surface area (Å²) >= 11 is 0. The minimum atomic E-state index is -0.250. The minimum absolute atomic E-state index is 0.250. The summed E-state index contributed by atoms with van der Waals surface area (Å²) in [5.74, 6) is 0.143. The number of nitrogens with zero attached hydrogens (tertiary/aromatic N) is 2. The molecule has 2 N–H and O–H groups in total. The van der Waals surface area contributed by atoms with Gasteiger partial charge in [-0.15, -0.1) is 0 Å². The predicted octanol–water partition coefficient (Wildman–Crippen LogP) is 3.89. The highest BCUT2D eigenvalue weighted by Gasteiger charge is 2.16. The summed E-state index contributed by atoms with van der Waals surface area (Å²) in [6.45, 7) is 0. The number of nitrogens with one attached hydrogen (secondary N) is 2. The van der Waals surface area contributed by atoms with Crippen molar-refractivity contribution in [1.82, 2.24) is 15.2 Å². The topological polar surface area (TPSA) is 79.9 Å². The number of carbonyl (C=O) groups is 1. The molecule has 6 nitrogen and oxygen atoms in total. The van der Waals surface area contributed by atoms with Gasteiger partial charge >= 0.3 is 0 Å². The third kappa shape index (κ3) is 2.88. The van der Waals surface area contributed by atoms with Crippen LogP contribution < -0.4 is 10.1 Å². The van der Waals surface area contributed by atoms with Gasteiger partial charge in [-0.25, -0.2) is 4.98 Å². The molecule has 0 spiro atoms. The molecule has 128 valence electrons. The molecule has 1 amide bonds. The number of benzene rings is 2. The molecule has 2 aromatic heterocycles. The summed E-state index contributed by atoms with van der Waals surface area (Å²) in [7, 11) is 1.53. The van der Waals surface area contributed by atoms with Gasteiger partial charge in [-0.2, -0.15) is 5.10 Å². The molecule has 6 heteroatoms. The molecule has 0 fully saturated rings. The number of amides is 1. The van der Waals surface area contributed by atoms with Crippen LogP contribution in [0.3, 0.4) is 0 Å². The van der Waals surface area contributed by atoms with E-state index in [9.17, 15) is 4.79 Å². The lowest BCUT2D eigenvalue weighted by Gasteiger charge is -2.10. The van der Waals surface area contributed by atoms with Crippen LogP contribution >= 0.6 is 0 Å². The standard InChI is InChI=1S/C20H16N4O2/c1-26-18-11-15(14-9-5-6-10-16(14)22-18)20(25)23-17-12-21-24-19(17)13-7-3-2-4-8-13/h2-12H,1H3,(H,21,24)(H,23,25). The van der Waals surface area contributed by atoms with Gasteiger partial charge in [0.25, 0.3) is 5.91 Å². The first kappa shape index (κ1) is 15.8. The zero-order valence-corrected chi connectivity index (χ0v) is 14.1. The summed E-state index contributed by atoms with van der Waals surface area (Å²) in [5, 5.41) is 10.7. The van der Waals surface area contributed by atoms with Crippen LogP contribution in [0.5, 0.6) is 5.88 Å². The van der Waals surface area contributed by atoms with Gasteiger partial charge in [0, 0.05) is 17.0 Å². The Kier molecular flexibility index (Phi) is 4.07. The number of carbonyl (C=O) groups excluding carboxylic acids is 1. The highest BCUT2D eigenvalue weighted by molar-refractivity contribution is 6.13. The summed E-state index contributed by atoms with van der Waals surface area (Å²) in [6, 6.07) is 18.8. The molecule has 4 rings (SSSR count). The Hall–Kier alpha value is -3.67. The molecule has 0 saturated heterocycles. The number of aromatic amines is 1. The Bertz CT molecular complexity index is 1070. The SMILES string of the molecule is COc1cc(C(=O)Nc2cn[nH]c2-c2ccccc2)c2ccccc2n1. The Morgan fingerprint density at radius 2 is 1.85 bits per heavy atom. The van der Waals surface area contributed by atoms with E-state index in [1.54, 1.807) is 12.3 Å². The molecule has 0 aliphatic rings. The summed E-state index contributed by atoms with van der Waals surface area (Å²) in [6.07, 6.45) is 1.60. The number of anilines is 1. The van der Waals surface area contributed by atoms with Crippen molar-refractivity contribution in [2.45, 2.75) is 0 Å². The first-order valence-electron chi connectivity index (χ1n) is 8.10. The highest BCUT2D eigenvalue weighted by Crippen LogP contribution is 2.27. The third-order valence-corrected chi connectivity index (χ3v) is 4.10. The van der Waals surface area contributed by atoms with Crippen molar-refractivity contribution >= 4 is 22.5 Å². The molecule has 2 heterocycles. The lowest BCUT2D eigenvalue weighted by molar-refractivity contribution is 0.102. The number of hydrogen-bond donors (Lipinski definition) is 2. The lowest BCUT2D eigenvalue weighted by atomic mass is 10.1. The van der Waals surface area contributed by atoms with Crippen LogP contribution in [0.1, 0.15) is 10.4 Å². The van der Waals surface area contributed by atoms with E-state index in [-0.39, 0.29) is 5.91 Å². The Morgan fingerprint density at radius 3 is 2.65 bits per heavy atom. The number of rotatable bonds is 4. The third-order valence-electron chi connectivity index (χ3n) is 4.10. The molecule has 0 aliphatic heterocycles. The number of aromatic nitrogens is 3. The van der Waals surface area contributed by atoms with Gasteiger partial charge in [0.05, 0.1) is 35.8 Å². The van der Waals surface area contributed by atoms with Crippen molar-refractivity contribution < 1.29 is 9.53 Å². The number of para-hydroxylation sites is 1. The van der Waals surface area contributed by atoms with Crippen molar-refractivity contribution in [2.24, 2.45) is 0 Å². The fourth-order valence-electron chi connectivity index (χ4n) is 2.84. The quantitative estimate of drug-likeness (QED) is 0.589. The maximum absolute atomic E-state index is 12.9. The second-order valence-electron chi connectivity index (χ2n) is 5.71. The zero-order chi connectivity index (χ0) is 17.9. The van der Waals surface area contributed by atoms with E-state index < -0.39 is 0 Å². The lowest BCUT2D eigenvalue weighted by Crippen LogP contribution is -2.13. The first-order valence-corrected chi connectivity index (χ1v) is 8.10. The molecule has 0 radical (unpaired) electrons. The monoisotopic (exact) mass is 344 g/mol. The molecule has 0 aliphatic carbocycles. The number of methoxy groups -OCH3 is 1. The van der Waals surface area contributed by atoms with Gasteiger partial charge < -0.3 is 10.1 Å². The largest absolute Gasteiger partial charge is 0.481 e. The maximum Gasteiger partial charge on any atom is 0.256 e. The normalized spacial score (nSPS) is 10.7. The molecule has 0 saturated carbocycles. The van der Waals surface area contributed by atoms with Crippen LogP contribution in [0.15, 0.2) is 66.9 Å². The number of fused-ring (bicyclic) bond motifs is 1. The van der Waals surface area contributed by atoms with Gasteiger partial charge in [0.1, 0.15) is 0 Å². The molecular formula is C20H16N4O2. The Labute approximate surface area is 149 Å². The fourth-order valence-corrected chi connectivity index (χ4v) is 2.84. The second-order valence-corrected chi connectivity index (χ2v) is 5.71. The number of hydrogen-bond acceptors (Lipinski definition) is 4. The van der Waals surface area contributed by atoms with E-state index in [2.05, 4.69) is 20.5 Å². The molecular weight excluding hydrogens is 328 g/mol. The second kappa shape index (κ2) is 6.68. The highest BCUT2D eigenvalue weighted by atomic mass is 16.5. The van der Waals surface area contributed by atoms with E-state index in [1.165, 1.54) is 7.11 Å².